The molecule has 210 valence electrons. The number of carbonyl (C=O) groups excluding carboxylic acids is 1. The average molecular weight is 605 g/mol. The quantitative estimate of drug-likeness (QED) is 0.314. The zero-order valence-electron chi connectivity index (χ0n) is 22.8. The Morgan fingerprint density at radius 1 is 1.10 bits per heavy atom. The molecule has 1 aliphatic rings. The van der Waals surface area contributed by atoms with Crippen molar-refractivity contribution in [2.75, 3.05) is 51.8 Å². The van der Waals surface area contributed by atoms with Crippen LogP contribution in [0.2, 0.25) is 0 Å². The van der Waals surface area contributed by atoms with Crippen molar-refractivity contribution in [1.29, 1.82) is 0 Å². The number of benzene rings is 2. The van der Waals surface area contributed by atoms with Crippen molar-refractivity contribution < 1.29 is 23.4 Å². The molecule has 4 rings (SSSR count). The Balaban J connectivity index is 1.34. The standard InChI is InChI=1S/C28H35BrFN5O4/c1-28(2,3)39-27(36)35-11-5-9-34(12-13-35)10-6-14-38-25-17-23-20(16-24(25)37-4)26(32-18-31-23)33-22-8-7-19(29)15-21(22)30/h7-8,15-18H,5-6,9-14H2,1-4H3,(H,31,32,33). The highest BCUT2D eigenvalue weighted by molar-refractivity contribution is 9.10. The van der Waals surface area contributed by atoms with Crippen LogP contribution in [0, 0.1) is 5.82 Å². The van der Waals surface area contributed by atoms with Gasteiger partial charge in [0, 0.05) is 42.1 Å². The largest absolute Gasteiger partial charge is 0.493 e. The molecule has 0 bridgehead atoms. The molecule has 2 aromatic carbocycles. The summed E-state index contributed by atoms with van der Waals surface area (Å²) >= 11 is 3.27. The molecule has 1 N–H and O–H groups in total. The van der Waals surface area contributed by atoms with Gasteiger partial charge in [0.25, 0.3) is 0 Å². The molecule has 3 aromatic rings. The first-order chi connectivity index (χ1) is 18.6. The highest BCUT2D eigenvalue weighted by atomic mass is 79.9. The number of nitrogens with zero attached hydrogens (tertiary/aromatic N) is 4. The summed E-state index contributed by atoms with van der Waals surface area (Å²) in [5.74, 6) is 1.19. The molecule has 1 saturated heterocycles. The van der Waals surface area contributed by atoms with Crippen LogP contribution in [0.3, 0.4) is 0 Å². The number of carbonyl (C=O) groups is 1. The third kappa shape index (κ3) is 7.92. The second-order valence-electron chi connectivity index (χ2n) is 10.4. The zero-order valence-corrected chi connectivity index (χ0v) is 24.4. The molecular weight excluding hydrogens is 569 g/mol. The van der Waals surface area contributed by atoms with Gasteiger partial charge in [0.2, 0.25) is 0 Å². The van der Waals surface area contributed by atoms with Crippen LogP contribution < -0.4 is 14.8 Å². The lowest BCUT2D eigenvalue weighted by Gasteiger charge is -2.26. The van der Waals surface area contributed by atoms with Crippen molar-refractivity contribution in [2.24, 2.45) is 0 Å². The van der Waals surface area contributed by atoms with Gasteiger partial charge in [-0.2, -0.15) is 0 Å². The van der Waals surface area contributed by atoms with Crippen molar-refractivity contribution >= 4 is 44.4 Å². The maximum atomic E-state index is 14.4. The number of nitrogens with one attached hydrogen (secondary N) is 1. The first-order valence-corrected chi connectivity index (χ1v) is 13.8. The van der Waals surface area contributed by atoms with Gasteiger partial charge in [-0.1, -0.05) is 15.9 Å². The minimum Gasteiger partial charge on any atom is -0.493 e. The summed E-state index contributed by atoms with van der Waals surface area (Å²) in [6.45, 7) is 10.1. The van der Waals surface area contributed by atoms with Gasteiger partial charge in [-0.25, -0.2) is 19.2 Å². The number of anilines is 2. The van der Waals surface area contributed by atoms with Crippen molar-refractivity contribution in [2.45, 2.75) is 39.2 Å². The molecule has 0 unspecified atom stereocenters. The number of hydrogen-bond acceptors (Lipinski definition) is 8. The molecular formula is C28H35BrFN5O4. The fourth-order valence-electron chi connectivity index (χ4n) is 4.33. The van der Waals surface area contributed by atoms with E-state index in [-0.39, 0.29) is 6.09 Å². The summed E-state index contributed by atoms with van der Waals surface area (Å²) in [4.78, 5) is 25.2. The number of hydrogen-bond donors (Lipinski definition) is 1. The summed E-state index contributed by atoms with van der Waals surface area (Å²) in [5, 5.41) is 3.73. The fourth-order valence-corrected chi connectivity index (χ4v) is 4.66. The monoisotopic (exact) mass is 603 g/mol. The molecule has 0 saturated carbocycles. The molecule has 1 aliphatic heterocycles. The van der Waals surface area contributed by atoms with Crippen LogP contribution in [0.15, 0.2) is 41.1 Å². The Morgan fingerprint density at radius 3 is 2.67 bits per heavy atom. The SMILES string of the molecule is COc1cc2c(Nc3ccc(Br)cc3F)ncnc2cc1OCCCN1CCCN(C(=O)OC(C)(C)C)CC1. The van der Waals surface area contributed by atoms with Gasteiger partial charge in [0.05, 0.1) is 24.9 Å². The van der Waals surface area contributed by atoms with Gasteiger partial charge in [-0.15, -0.1) is 0 Å². The molecule has 1 aromatic heterocycles. The zero-order chi connectivity index (χ0) is 28.0. The second-order valence-corrected chi connectivity index (χ2v) is 11.3. The smallest absolute Gasteiger partial charge is 0.410 e. The van der Waals surface area contributed by atoms with E-state index in [4.69, 9.17) is 14.2 Å². The molecule has 11 heteroatoms. The van der Waals surface area contributed by atoms with Gasteiger partial charge in [-0.3, -0.25) is 0 Å². The molecule has 39 heavy (non-hydrogen) atoms. The van der Waals surface area contributed by atoms with Crippen LogP contribution in [0.4, 0.5) is 20.7 Å². The predicted octanol–water partition coefficient (Wildman–Crippen LogP) is 6.00. The first kappa shape index (κ1) is 28.8. The lowest BCUT2D eigenvalue weighted by molar-refractivity contribution is 0.0257. The van der Waals surface area contributed by atoms with Crippen LogP contribution in [-0.2, 0) is 4.74 Å². The minimum absolute atomic E-state index is 0.250. The number of halogens is 2. The molecule has 0 spiro atoms. The number of aromatic nitrogens is 2. The van der Waals surface area contributed by atoms with Crippen LogP contribution in [-0.4, -0.2) is 77.9 Å². The number of fused-ring (bicyclic) bond motifs is 1. The molecule has 0 radical (unpaired) electrons. The fraction of sp³-hybridized carbons (Fsp3) is 0.464. The van der Waals surface area contributed by atoms with Crippen LogP contribution in [0.1, 0.15) is 33.6 Å². The Bertz CT molecular complexity index is 1300. The minimum atomic E-state index is -0.494. The van der Waals surface area contributed by atoms with E-state index in [0.717, 1.165) is 32.5 Å². The molecule has 9 nitrogen and oxygen atoms in total. The number of rotatable bonds is 8. The van der Waals surface area contributed by atoms with E-state index in [1.54, 1.807) is 30.2 Å². The third-order valence-electron chi connectivity index (χ3n) is 6.22. The van der Waals surface area contributed by atoms with Crippen molar-refractivity contribution in [3.63, 3.8) is 0 Å². The Morgan fingerprint density at radius 2 is 1.92 bits per heavy atom. The average Bonchev–Trinajstić information content (AvgIpc) is 3.13. The predicted molar refractivity (Wildman–Crippen MR) is 152 cm³/mol. The third-order valence-corrected chi connectivity index (χ3v) is 6.71. The maximum absolute atomic E-state index is 14.4. The lowest BCUT2D eigenvalue weighted by Crippen LogP contribution is -2.39. The summed E-state index contributed by atoms with van der Waals surface area (Å²) in [5.41, 5.74) is 0.460. The van der Waals surface area contributed by atoms with E-state index in [1.807, 2.05) is 26.8 Å². The van der Waals surface area contributed by atoms with Crippen molar-refractivity contribution in [3.05, 3.63) is 46.9 Å². The van der Waals surface area contributed by atoms with E-state index < -0.39 is 11.4 Å². The number of ether oxygens (including phenoxy) is 3. The highest BCUT2D eigenvalue weighted by Crippen LogP contribution is 2.35. The van der Waals surface area contributed by atoms with E-state index in [9.17, 15) is 9.18 Å². The summed E-state index contributed by atoms with van der Waals surface area (Å²) in [6.07, 6.45) is 2.89. The van der Waals surface area contributed by atoms with Gasteiger partial charge >= 0.3 is 6.09 Å². The summed E-state index contributed by atoms with van der Waals surface area (Å²) in [6, 6.07) is 8.39. The number of methoxy groups -OCH3 is 1. The van der Waals surface area contributed by atoms with Gasteiger partial charge in [0.15, 0.2) is 11.5 Å². The maximum Gasteiger partial charge on any atom is 0.410 e. The Kier molecular flexibility index (Phi) is 9.45. The van der Waals surface area contributed by atoms with Crippen LogP contribution in [0.25, 0.3) is 10.9 Å². The number of amides is 1. The topological polar surface area (TPSA) is 89.0 Å². The van der Waals surface area contributed by atoms with E-state index >= 15 is 0 Å². The van der Waals surface area contributed by atoms with E-state index in [2.05, 4.69) is 36.1 Å². The summed E-state index contributed by atoms with van der Waals surface area (Å²) in [7, 11) is 1.58. The summed E-state index contributed by atoms with van der Waals surface area (Å²) < 4.78 is 32.2. The van der Waals surface area contributed by atoms with Gasteiger partial charge < -0.3 is 29.3 Å². The molecule has 0 aliphatic carbocycles. The lowest BCUT2D eigenvalue weighted by atomic mass is 10.2. The Labute approximate surface area is 236 Å². The molecule has 1 amide bonds. The van der Waals surface area contributed by atoms with Crippen molar-refractivity contribution in [1.82, 2.24) is 19.8 Å². The first-order valence-electron chi connectivity index (χ1n) is 13.0. The molecule has 1 fully saturated rings. The molecule has 2 heterocycles. The van der Waals surface area contributed by atoms with Crippen LogP contribution >= 0.6 is 15.9 Å². The van der Waals surface area contributed by atoms with Crippen LogP contribution in [0.5, 0.6) is 11.5 Å². The highest BCUT2D eigenvalue weighted by Gasteiger charge is 2.24. The molecule has 0 atom stereocenters. The van der Waals surface area contributed by atoms with E-state index in [1.165, 1.54) is 12.4 Å². The van der Waals surface area contributed by atoms with Gasteiger partial charge in [-0.05, 0) is 64.4 Å². The van der Waals surface area contributed by atoms with E-state index in [0.29, 0.717) is 58.1 Å². The van der Waals surface area contributed by atoms with Gasteiger partial charge in [0.1, 0.15) is 23.6 Å². The second kappa shape index (κ2) is 12.8. The Hall–Kier alpha value is -3.18. The van der Waals surface area contributed by atoms with Crippen molar-refractivity contribution in [3.8, 4) is 11.5 Å². The normalized spacial score (nSPS) is 14.7.